The van der Waals surface area contributed by atoms with E-state index in [0.29, 0.717) is 24.9 Å². The number of thiophene rings is 1. The summed E-state index contributed by atoms with van der Waals surface area (Å²) in [6.07, 6.45) is 3.41. The smallest absolute Gasteiger partial charge is 0.163 e. The van der Waals surface area contributed by atoms with E-state index in [1.54, 1.807) is 23.6 Å². The highest BCUT2D eigenvalue weighted by Gasteiger charge is 2.20. The number of morpholine rings is 1. The molecular weight excluding hydrogens is 360 g/mol. The van der Waals surface area contributed by atoms with Crippen molar-refractivity contribution in [2.24, 2.45) is 0 Å². The predicted molar refractivity (Wildman–Crippen MR) is 111 cm³/mol. The Kier molecular flexibility index (Phi) is 5.02. The first-order chi connectivity index (χ1) is 13.2. The summed E-state index contributed by atoms with van der Waals surface area (Å²) in [5, 5.41) is 3.21. The normalized spacial score (nSPS) is 14.6. The van der Waals surface area contributed by atoms with Crippen molar-refractivity contribution in [1.82, 2.24) is 20.3 Å². The lowest BCUT2D eigenvalue weighted by Crippen LogP contribution is -2.36. The summed E-state index contributed by atoms with van der Waals surface area (Å²) in [6.45, 7) is 7.67. The molecule has 1 fully saturated rings. The first-order valence-electron chi connectivity index (χ1n) is 8.85. The summed E-state index contributed by atoms with van der Waals surface area (Å²) >= 11 is 1.73. The molecule has 0 amide bonds. The number of pyridine rings is 1. The molecule has 1 aliphatic heterocycles. The molecule has 4 heterocycles. The third kappa shape index (κ3) is 3.51. The zero-order valence-corrected chi connectivity index (χ0v) is 16.1. The van der Waals surface area contributed by atoms with Crippen LogP contribution in [0.25, 0.3) is 27.7 Å². The Balaban J connectivity index is 1.86. The lowest BCUT2D eigenvalue weighted by molar-refractivity contribution is 0.122. The van der Waals surface area contributed by atoms with E-state index in [4.69, 9.17) is 20.4 Å². The highest BCUT2D eigenvalue weighted by molar-refractivity contribution is 7.19. The molecule has 1 aliphatic rings. The maximum Gasteiger partial charge on any atom is 0.163 e. The van der Waals surface area contributed by atoms with Gasteiger partial charge < -0.3 is 20.7 Å². The maximum atomic E-state index is 5.90. The maximum absolute atomic E-state index is 5.90. The predicted octanol–water partition coefficient (Wildman–Crippen LogP) is 2.53. The molecule has 0 aromatic carbocycles. The Hall–Kier alpha value is -2.55. The average molecular weight is 382 g/mol. The standard InChI is InChI=1S/C19H22N6OS/c1-3-12-8-13(10-22-17(12)20)18-23-15-9-14(11-21-2)27-16(15)19(24-18)25-4-6-26-7-5-25/h3,8-10,21H,1,4-7,11H2,2H3,(H2,20,22). The molecule has 7 nitrogen and oxygen atoms in total. The Morgan fingerprint density at radius 2 is 2.15 bits per heavy atom. The molecule has 4 rings (SSSR count). The largest absolute Gasteiger partial charge is 0.383 e. The molecule has 0 radical (unpaired) electrons. The number of nitrogens with one attached hydrogen (secondary N) is 1. The quantitative estimate of drug-likeness (QED) is 0.701. The summed E-state index contributed by atoms with van der Waals surface area (Å²) < 4.78 is 6.62. The lowest BCUT2D eigenvalue weighted by atomic mass is 10.1. The van der Waals surface area contributed by atoms with Crippen molar-refractivity contribution >= 4 is 39.3 Å². The topological polar surface area (TPSA) is 89.2 Å². The van der Waals surface area contributed by atoms with Crippen molar-refractivity contribution in [1.29, 1.82) is 0 Å². The van der Waals surface area contributed by atoms with Crippen LogP contribution in [-0.4, -0.2) is 48.3 Å². The van der Waals surface area contributed by atoms with Gasteiger partial charge in [0, 0.05) is 41.8 Å². The van der Waals surface area contributed by atoms with Crippen LogP contribution in [0.4, 0.5) is 11.6 Å². The summed E-state index contributed by atoms with van der Waals surface area (Å²) in [5.41, 5.74) is 8.47. The molecule has 0 unspecified atom stereocenters. The van der Waals surface area contributed by atoms with Crippen LogP contribution in [-0.2, 0) is 11.3 Å². The van der Waals surface area contributed by atoms with Gasteiger partial charge in [0.1, 0.15) is 5.82 Å². The van der Waals surface area contributed by atoms with Crippen LogP contribution in [0.5, 0.6) is 0 Å². The third-order valence-electron chi connectivity index (χ3n) is 4.49. The number of nitrogens with zero attached hydrogens (tertiary/aromatic N) is 4. The highest BCUT2D eigenvalue weighted by atomic mass is 32.1. The second-order valence-corrected chi connectivity index (χ2v) is 7.47. The van der Waals surface area contributed by atoms with Gasteiger partial charge in [-0.25, -0.2) is 15.0 Å². The summed E-state index contributed by atoms with van der Waals surface area (Å²) in [7, 11) is 1.95. The van der Waals surface area contributed by atoms with E-state index < -0.39 is 0 Å². The average Bonchev–Trinajstić information content (AvgIpc) is 3.11. The third-order valence-corrected chi connectivity index (χ3v) is 5.61. The van der Waals surface area contributed by atoms with Gasteiger partial charge >= 0.3 is 0 Å². The Bertz CT molecular complexity index is 980. The lowest BCUT2D eigenvalue weighted by Gasteiger charge is -2.28. The number of anilines is 2. The molecule has 27 heavy (non-hydrogen) atoms. The molecule has 3 N–H and O–H groups in total. The van der Waals surface area contributed by atoms with Crippen molar-refractivity contribution < 1.29 is 4.74 Å². The Morgan fingerprint density at radius 1 is 1.33 bits per heavy atom. The fraction of sp³-hybridized carbons (Fsp3) is 0.316. The van der Waals surface area contributed by atoms with Crippen LogP contribution in [0.15, 0.2) is 24.9 Å². The molecule has 140 valence electrons. The van der Waals surface area contributed by atoms with Gasteiger partial charge in [-0.2, -0.15) is 0 Å². The van der Waals surface area contributed by atoms with Crippen LogP contribution < -0.4 is 16.0 Å². The van der Waals surface area contributed by atoms with E-state index in [9.17, 15) is 0 Å². The molecule has 0 atom stereocenters. The number of hydrogen-bond donors (Lipinski definition) is 2. The molecule has 0 saturated carbocycles. The van der Waals surface area contributed by atoms with Crippen molar-refractivity contribution in [2.45, 2.75) is 6.54 Å². The first kappa shape index (κ1) is 17.8. The van der Waals surface area contributed by atoms with Gasteiger partial charge in [0.2, 0.25) is 0 Å². The summed E-state index contributed by atoms with van der Waals surface area (Å²) in [4.78, 5) is 17.5. The fourth-order valence-corrected chi connectivity index (χ4v) is 4.25. The number of ether oxygens (including phenoxy) is 1. The number of aromatic nitrogens is 3. The number of rotatable bonds is 5. The van der Waals surface area contributed by atoms with Crippen LogP contribution in [0, 0.1) is 0 Å². The Labute approximate surface area is 161 Å². The molecule has 0 aliphatic carbocycles. The van der Waals surface area contributed by atoms with Gasteiger partial charge in [0.15, 0.2) is 11.6 Å². The van der Waals surface area contributed by atoms with Crippen LogP contribution in [0.1, 0.15) is 10.4 Å². The zero-order valence-electron chi connectivity index (χ0n) is 15.2. The van der Waals surface area contributed by atoms with E-state index in [1.807, 2.05) is 13.1 Å². The summed E-state index contributed by atoms with van der Waals surface area (Å²) in [6, 6.07) is 4.06. The zero-order chi connectivity index (χ0) is 18.8. The van der Waals surface area contributed by atoms with Gasteiger partial charge in [-0.05, 0) is 19.2 Å². The molecular formula is C19H22N6OS. The number of hydrogen-bond acceptors (Lipinski definition) is 8. The minimum Gasteiger partial charge on any atom is -0.383 e. The van der Waals surface area contributed by atoms with E-state index >= 15 is 0 Å². The minimum atomic E-state index is 0.454. The van der Waals surface area contributed by atoms with E-state index in [2.05, 4.69) is 27.8 Å². The summed E-state index contributed by atoms with van der Waals surface area (Å²) in [5.74, 6) is 2.06. The highest BCUT2D eigenvalue weighted by Crippen LogP contribution is 2.34. The van der Waals surface area contributed by atoms with Crippen molar-refractivity contribution in [3.05, 3.63) is 35.3 Å². The number of nitrogen functional groups attached to an aromatic ring is 1. The van der Waals surface area contributed by atoms with Crippen molar-refractivity contribution in [3.8, 4) is 11.4 Å². The van der Waals surface area contributed by atoms with Gasteiger partial charge in [-0.15, -0.1) is 11.3 Å². The molecule has 0 bridgehead atoms. The van der Waals surface area contributed by atoms with Gasteiger partial charge in [0.05, 0.1) is 23.4 Å². The van der Waals surface area contributed by atoms with Crippen LogP contribution >= 0.6 is 11.3 Å². The van der Waals surface area contributed by atoms with Crippen molar-refractivity contribution in [2.75, 3.05) is 44.0 Å². The number of fused-ring (bicyclic) bond motifs is 1. The van der Waals surface area contributed by atoms with E-state index in [0.717, 1.165) is 46.8 Å². The van der Waals surface area contributed by atoms with Crippen LogP contribution in [0.3, 0.4) is 0 Å². The molecule has 3 aromatic rings. The molecule has 0 spiro atoms. The van der Waals surface area contributed by atoms with Gasteiger partial charge in [-0.3, -0.25) is 0 Å². The first-order valence-corrected chi connectivity index (χ1v) is 9.67. The van der Waals surface area contributed by atoms with Gasteiger partial charge in [0.25, 0.3) is 0 Å². The second kappa shape index (κ2) is 7.59. The van der Waals surface area contributed by atoms with E-state index in [1.165, 1.54) is 4.88 Å². The minimum absolute atomic E-state index is 0.454. The number of nitrogens with two attached hydrogens (primary N) is 1. The monoisotopic (exact) mass is 382 g/mol. The van der Waals surface area contributed by atoms with Gasteiger partial charge in [-0.1, -0.05) is 12.7 Å². The fourth-order valence-electron chi connectivity index (χ4n) is 3.12. The SMILES string of the molecule is C=Cc1cc(-c2nc(N3CCOCC3)c3sc(CNC)cc3n2)cnc1N. The van der Waals surface area contributed by atoms with E-state index in [-0.39, 0.29) is 0 Å². The molecule has 3 aromatic heterocycles. The molecule has 1 saturated heterocycles. The second-order valence-electron chi connectivity index (χ2n) is 6.33. The Morgan fingerprint density at radius 3 is 2.89 bits per heavy atom. The van der Waals surface area contributed by atoms with Crippen molar-refractivity contribution in [3.63, 3.8) is 0 Å². The molecule has 8 heteroatoms. The van der Waals surface area contributed by atoms with Crippen LogP contribution in [0.2, 0.25) is 0 Å².